The zero-order chi connectivity index (χ0) is 13.1. The summed E-state index contributed by atoms with van der Waals surface area (Å²) in [5.74, 6) is 0.415. The lowest BCUT2D eigenvalue weighted by Gasteiger charge is -2.15. The lowest BCUT2D eigenvalue weighted by molar-refractivity contribution is -0.127. The number of amides is 1. The Morgan fingerprint density at radius 2 is 2.33 bits per heavy atom. The smallest absolute Gasteiger partial charge is 0.262 e. The SMILES string of the molecule is CC(NC(=O)C1Cc2ccccc2O1)/C(N)=N/O. The molecule has 1 heterocycles. The van der Waals surface area contributed by atoms with Crippen molar-refractivity contribution in [3.63, 3.8) is 0 Å². The molecule has 1 amide bonds. The van der Waals surface area contributed by atoms with E-state index in [2.05, 4.69) is 10.5 Å². The van der Waals surface area contributed by atoms with Gasteiger partial charge in [-0.3, -0.25) is 4.79 Å². The van der Waals surface area contributed by atoms with E-state index < -0.39 is 12.1 Å². The Hall–Kier alpha value is -2.24. The van der Waals surface area contributed by atoms with Crippen LogP contribution >= 0.6 is 0 Å². The second-order valence-corrected chi connectivity index (χ2v) is 4.17. The van der Waals surface area contributed by atoms with Crippen LogP contribution in [0, 0.1) is 0 Å². The molecule has 1 aliphatic heterocycles. The highest BCUT2D eigenvalue weighted by Gasteiger charge is 2.29. The zero-order valence-electron chi connectivity index (χ0n) is 9.96. The number of carbonyl (C=O) groups excluding carboxylic acids is 1. The van der Waals surface area contributed by atoms with Crippen LogP contribution < -0.4 is 15.8 Å². The Morgan fingerprint density at radius 1 is 1.61 bits per heavy atom. The van der Waals surface area contributed by atoms with E-state index in [1.807, 2.05) is 24.3 Å². The topological polar surface area (TPSA) is 96.9 Å². The minimum atomic E-state index is -0.559. The number of nitrogens with zero attached hydrogens (tertiary/aromatic N) is 1. The summed E-state index contributed by atoms with van der Waals surface area (Å²) in [6.07, 6.45) is -0.0263. The molecule has 1 aliphatic rings. The molecule has 0 saturated carbocycles. The molecule has 0 bridgehead atoms. The second kappa shape index (κ2) is 4.95. The predicted molar refractivity (Wildman–Crippen MR) is 65.6 cm³/mol. The number of benzene rings is 1. The van der Waals surface area contributed by atoms with Crippen LogP contribution in [0.1, 0.15) is 12.5 Å². The Balaban J connectivity index is 1.97. The number of para-hydroxylation sites is 1. The lowest BCUT2D eigenvalue weighted by Crippen LogP contribution is -2.47. The average molecular weight is 249 g/mol. The molecule has 0 aromatic heterocycles. The number of carbonyl (C=O) groups is 1. The van der Waals surface area contributed by atoms with Crippen LogP contribution in [0.5, 0.6) is 5.75 Å². The van der Waals surface area contributed by atoms with Crippen molar-refractivity contribution in [3.8, 4) is 5.75 Å². The van der Waals surface area contributed by atoms with Gasteiger partial charge in [-0.15, -0.1) is 0 Å². The summed E-state index contributed by atoms with van der Waals surface area (Å²) in [5.41, 5.74) is 6.40. The Kier molecular flexibility index (Phi) is 3.36. The lowest BCUT2D eigenvalue weighted by atomic mass is 10.1. The third-order valence-corrected chi connectivity index (χ3v) is 2.86. The average Bonchev–Trinajstić information content (AvgIpc) is 2.81. The molecule has 18 heavy (non-hydrogen) atoms. The number of hydrogen-bond acceptors (Lipinski definition) is 4. The molecule has 96 valence electrons. The number of oxime groups is 1. The van der Waals surface area contributed by atoms with Gasteiger partial charge in [0.1, 0.15) is 5.75 Å². The van der Waals surface area contributed by atoms with E-state index in [4.69, 9.17) is 15.7 Å². The van der Waals surface area contributed by atoms with Gasteiger partial charge in [0.2, 0.25) is 0 Å². The largest absolute Gasteiger partial charge is 0.480 e. The maximum Gasteiger partial charge on any atom is 0.262 e. The first-order chi connectivity index (χ1) is 8.61. The molecule has 6 heteroatoms. The normalized spacial score (nSPS) is 19.8. The van der Waals surface area contributed by atoms with Gasteiger partial charge in [-0.2, -0.15) is 0 Å². The number of amidine groups is 1. The molecule has 1 aromatic rings. The minimum absolute atomic E-state index is 0.0427. The van der Waals surface area contributed by atoms with E-state index in [0.29, 0.717) is 6.42 Å². The van der Waals surface area contributed by atoms with Gasteiger partial charge in [-0.25, -0.2) is 0 Å². The summed E-state index contributed by atoms with van der Waals surface area (Å²) in [7, 11) is 0. The van der Waals surface area contributed by atoms with Gasteiger partial charge in [-0.1, -0.05) is 23.4 Å². The van der Waals surface area contributed by atoms with E-state index in [1.54, 1.807) is 6.92 Å². The van der Waals surface area contributed by atoms with E-state index in [-0.39, 0.29) is 11.7 Å². The Morgan fingerprint density at radius 3 is 3.00 bits per heavy atom. The van der Waals surface area contributed by atoms with E-state index in [1.165, 1.54) is 0 Å². The molecule has 0 spiro atoms. The highest BCUT2D eigenvalue weighted by molar-refractivity contribution is 5.91. The zero-order valence-corrected chi connectivity index (χ0v) is 9.96. The number of ether oxygens (including phenoxy) is 1. The minimum Gasteiger partial charge on any atom is -0.480 e. The van der Waals surface area contributed by atoms with Crippen molar-refractivity contribution in [2.45, 2.75) is 25.5 Å². The molecule has 0 radical (unpaired) electrons. The van der Waals surface area contributed by atoms with Crippen molar-refractivity contribution < 1.29 is 14.7 Å². The molecule has 4 N–H and O–H groups in total. The number of hydrogen-bond donors (Lipinski definition) is 3. The van der Waals surface area contributed by atoms with Gasteiger partial charge in [0, 0.05) is 6.42 Å². The molecule has 2 unspecified atom stereocenters. The highest BCUT2D eigenvalue weighted by atomic mass is 16.5. The van der Waals surface area contributed by atoms with Gasteiger partial charge in [0.25, 0.3) is 5.91 Å². The summed E-state index contributed by atoms with van der Waals surface area (Å²) < 4.78 is 5.53. The quantitative estimate of drug-likeness (QED) is 0.309. The van der Waals surface area contributed by atoms with Crippen LogP contribution in [-0.2, 0) is 11.2 Å². The first-order valence-electron chi connectivity index (χ1n) is 5.64. The fourth-order valence-corrected chi connectivity index (χ4v) is 1.80. The molecule has 6 nitrogen and oxygen atoms in total. The summed E-state index contributed by atoms with van der Waals surface area (Å²) in [6.45, 7) is 1.63. The number of fused-ring (bicyclic) bond motifs is 1. The Bertz CT molecular complexity index is 462. The van der Waals surface area contributed by atoms with Crippen LogP contribution in [0.4, 0.5) is 0 Å². The number of nitrogens with one attached hydrogen (secondary N) is 1. The molecule has 1 aromatic carbocycles. The van der Waals surface area contributed by atoms with Crippen LogP contribution in [0.15, 0.2) is 29.4 Å². The van der Waals surface area contributed by atoms with Crippen molar-refractivity contribution >= 4 is 11.7 Å². The monoisotopic (exact) mass is 249 g/mol. The van der Waals surface area contributed by atoms with Gasteiger partial charge in [-0.05, 0) is 18.6 Å². The maximum atomic E-state index is 11.9. The fraction of sp³-hybridized carbons (Fsp3) is 0.333. The van der Waals surface area contributed by atoms with Crippen molar-refractivity contribution in [1.82, 2.24) is 5.32 Å². The van der Waals surface area contributed by atoms with Crippen molar-refractivity contribution in [1.29, 1.82) is 0 Å². The van der Waals surface area contributed by atoms with Crippen molar-refractivity contribution in [2.75, 3.05) is 0 Å². The predicted octanol–water partition coefficient (Wildman–Crippen LogP) is 0.241. The summed E-state index contributed by atoms with van der Waals surface area (Å²) in [6, 6.07) is 6.99. The molecule has 2 rings (SSSR count). The van der Waals surface area contributed by atoms with Crippen LogP contribution in [0.3, 0.4) is 0 Å². The molecular formula is C12H15N3O3. The van der Waals surface area contributed by atoms with E-state index in [9.17, 15) is 4.79 Å². The summed E-state index contributed by atoms with van der Waals surface area (Å²) in [4.78, 5) is 11.9. The molecule has 0 fully saturated rings. The van der Waals surface area contributed by atoms with Gasteiger partial charge >= 0.3 is 0 Å². The standard InChI is InChI=1S/C12H15N3O3/c1-7(11(13)15-17)14-12(16)10-6-8-4-2-3-5-9(8)18-10/h2-5,7,10,17H,6H2,1H3,(H2,13,15)(H,14,16). The molecule has 0 saturated heterocycles. The highest BCUT2D eigenvalue weighted by Crippen LogP contribution is 2.28. The Labute approximate surface area is 104 Å². The van der Waals surface area contributed by atoms with Gasteiger partial charge in [0.05, 0.1) is 6.04 Å². The molecular weight excluding hydrogens is 234 g/mol. The third kappa shape index (κ3) is 2.37. The first kappa shape index (κ1) is 12.2. The number of rotatable bonds is 3. The maximum absolute atomic E-state index is 11.9. The van der Waals surface area contributed by atoms with Gasteiger partial charge < -0.3 is 21.0 Å². The molecule has 2 atom stereocenters. The fourth-order valence-electron chi connectivity index (χ4n) is 1.80. The second-order valence-electron chi connectivity index (χ2n) is 4.17. The third-order valence-electron chi connectivity index (χ3n) is 2.86. The van der Waals surface area contributed by atoms with E-state index in [0.717, 1.165) is 11.3 Å². The summed E-state index contributed by atoms with van der Waals surface area (Å²) >= 11 is 0. The number of nitrogens with two attached hydrogens (primary N) is 1. The summed E-state index contributed by atoms with van der Waals surface area (Å²) in [5, 5.41) is 14.0. The van der Waals surface area contributed by atoms with Crippen molar-refractivity contribution in [2.24, 2.45) is 10.9 Å². The van der Waals surface area contributed by atoms with Crippen LogP contribution in [0.2, 0.25) is 0 Å². The van der Waals surface area contributed by atoms with Crippen LogP contribution in [-0.4, -0.2) is 29.1 Å². The van der Waals surface area contributed by atoms with Crippen LogP contribution in [0.25, 0.3) is 0 Å². The first-order valence-corrected chi connectivity index (χ1v) is 5.64. The van der Waals surface area contributed by atoms with Crippen molar-refractivity contribution in [3.05, 3.63) is 29.8 Å². The van der Waals surface area contributed by atoms with Gasteiger partial charge in [0.15, 0.2) is 11.9 Å². The molecule has 0 aliphatic carbocycles. The van der Waals surface area contributed by atoms with E-state index >= 15 is 0 Å².